The van der Waals surface area contributed by atoms with Gasteiger partial charge in [-0.25, -0.2) is 0 Å². The molecule has 6 heteroatoms. The van der Waals surface area contributed by atoms with E-state index < -0.39 is 6.04 Å². The zero-order chi connectivity index (χ0) is 18.8. The van der Waals surface area contributed by atoms with Crippen molar-refractivity contribution in [1.82, 2.24) is 15.5 Å². The lowest BCUT2D eigenvalue weighted by Gasteiger charge is -2.29. The first-order valence-electron chi connectivity index (χ1n) is 8.85. The van der Waals surface area contributed by atoms with Crippen LogP contribution in [0.1, 0.15) is 44.5 Å². The zero-order valence-corrected chi connectivity index (χ0v) is 15.5. The maximum atomic E-state index is 12.9. The van der Waals surface area contributed by atoms with Gasteiger partial charge in [0.05, 0.1) is 6.54 Å². The lowest BCUT2D eigenvalue weighted by Crippen LogP contribution is -2.53. The minimum Gasteiger partial charge on any atom is -0.355 e. The summed E-state index contributed by atoms with van der Waals surface area (Å²) < 4.78 is 0. The molecule has 138 valence electrons. The highest BCUT2D eigenvalue weighted by Gasteiger charge is 2.30. The first-order chi connectivity index (χ1) is 11.9. The molecule has 0 fully saturated rings. The van der Waals surface area contributed by atoms with Crippen molar-refractivity contribution in [2.45, 2.75) is 40.2 Å². The Bertz CT molecular complexity index is 575. The van der Waals surface area contributed by atoms with Crippen LogP contribution in [0.15, 0.2) is 30.3 Å². The van der Waals surface area contributed by atoms with Crippen molar-refractivity contribution in [3.8, 4) is 0 Å². The van der Waals surface area contributed by atoms with E-state index in [1.165, 1.54) is 4.90 Å². The molecule has 0 radical (unpaired) electrons. The molecule has 1 aromatic rings. The number of nitrogens with zero attached hydrogens (tertiary/aromatic N) is 1. The summed E-state index contributed by atoms with van der Waals surface area (Å²) in [6, 6.07) is 8.15. The highest BCUT2D eigenvalue weighted by molar-refractivity contribution is 5.98. The Labute approximate surface area is 150 Å². The van der Waals surface area contributed by atoms with Gasteiger partial charge in [0, 0.05) is 18.7 Å². The van der Waals surface area contributed by atoms with Gasteiger partial charge in [-0.3, -0.25) is 14.4 Å². The van der Waals surface area contributed by atoms with Crippen LogP contribution in [0, 0.1) is 5.92 Å². The smallest absolute Gasteiger partial charge is 0.251 e. The number of benzene rings is 1. The fraction of sp³-hybridized carbons (Fsp3) is 0.526. The van der Waals surface area contributed by atoms with Crippen molar-refractivity contribution in [2.24, 2.45) is 5.92 Å². The zero-order valence-electron chi connectivity index (χ0n) is 15.5. The maximum absolute atomic E-state index is 12.9. The van der Waals surface area contributed by atoms with Gasteiger partial charge < -0.3 is 15.5 Å². The SMILES string of the molecule is CCNC(=O)CN(CC)C(=O)C(NC(=O)c1ccccc1)C(C)CC. The van der Waals surface area contributed by atoms with E-state index in [4.69, 9.17) is 0 Å². The van der Waals surface area contributed by atoms with E-state index in [-0.39, 0.29) is 30.2 Å². The summed E-state index contributed by atoms with van der Waals surface area (Å²) in [5.74, 6) is -0.751. The van der Waals surface area contributed by atoms with Crippen LogP contribution in [0.4, 0.5) is 0 Å². The number of amides is 3. The van der Waals surface area contributed by atoms with Crippen molar-refractivity contribution in [3.63, 3.8) is 0 Å². The van der Waals surface area contributed by atoms with Gasteiger partial charge in [-0.15, -0.1) is 0 Å². The molecular weight excluding hydrogens is 318 g/mol. The first kappa shape index (κ1) is 20.7. The Morgan fingerprint density at radius 1 is 1.08 bits per heavy atom. The molecule has 0 aliphatic rings. The Morgan fingerprint density at radius 2 is 1.72 bits per heavy atom. The molecule has 0 saturated heterocycles. The average molecular weight is 347 g/mol. The van der Waals surface area contributed by atoms with E-state index >= 15 is 0 Å². The molecule has 1 aromatic carbocycles. The molecular formula is C19H29N3O3. The normalized spacial score (nSPS) is 12.8. The van der Waals surface area contributed by atoms with Crippen molar-refractivity contribution in [3.05, 3.63) is 35.9 Å². The Hall–Kier alpha value is -2.37. The summed E-state index contributed by atoms with van der Waals surface area (Å²) in [5, 5.41) is 5.54. The van der Waals surface area contributed by atoms with Crippen molar-refractivity contribution in [2.75, 3.05) is 19.6 Å². The van der Waals surface area contributed by atoms with Crippen LogP contribution in [0.2, 0.25) is 0 Å². The van der Waals surface area contributed by atoms with Gasteiger partial charge in [0.2, 0.25) is 11.8 Å². The number of nitrogens with one attached hydrogen (secondary N) is 2. The number of hydrogen-bond acceptors (Lipinski definition) is 3. The molecule has 0 bridgehead atoms. The second-order valence-corrected chi connectivity index (χ2v) is 6.01. The highest BCUT2D eigenvalue weighted by Crippen LogP contribution is 2.12. The van der Waals surface area contributed by atoms with Gasteiger partial charge in [0.1, 0.15) is 6.04 Å². The summed E-state index contributed by atoms with van der Waals surface area (Å²) in [6.45, 7) is 8.47. The summed E-state index contributed by atoms with van der Waals surface area (Å²) in [6.07, 6.45) is 0.740. The quantitative estimate of drug-likeness (QED) is 0.715. The molecule has 2 unspecified atom stereocenters. The molecule has 0 heterocycles. The van der Waals surface area contributed by atoms with Crippen molar-refractivity contribution in [1.29, 1.82) is 0 Å². The van der Waals surface area contributed by atoms with E-state index in [2.05, 4.69) is 10.6 Å². The van der Waals surface area contributed by atoms with E-state index in [0.29, 0.717) is 18.7 Å². The lowest BCUT2D eigenvalue weighted by molar-refractivity contribution is -0.138. The molecule has 6 nitrogen and oxygen atoms in total. The minimum absolute atomic E-state index is 0.00266. The molecule has 2 N–H and O–H groups in total. The Kier molecular flexibility index (Phi) is 8.67. The van der Waals surface area contributed by atoms with Gasteiger partial charge in [0.15, 0.2) is 0 Å². The fourth-order valence-electron chi connectivity index (χ4n) is 2.47. The van der Waals surface area contributed by atoms with Gasteiger partial charge in [-0.05, 0) is 31.9 Å². The van der Waals surface area contributed by atoms with Crippen LogP contribution < -0.4 is 10.6 Å². The molecule has 0 spiro atoms. The highest BCUT2D eigenvalue weighted by atomic mass is 16.2. The predicted molar refractivity (Wildman–Crippen MR) is 98.1 cm³/mol. The molecule has 3 amide bonds. The third-order valence-electron chi connectivity index (χ3n) is 4.20. The van der Waals surface area contributed by atoms with Crippen LogP contribution in [0.5, 0.6) is 0 Å². The number of carbonyl (C=O) groups is 3. The molecule has 25 heavy (non-hydrogen) atoms. The molecule has 2 atom stereocenters. The van der Waals surface area contributed by atoms with Crippen LogP contribution in [0.25, 0.3) is 0 Å². The molecule has 0 aliphatic carbocycles. The molecule has 0 aliphatic heterocycles. The third-order valence-corrected chi connectivity index (χ3v) is 4.20. The lowest BCUT2D eigenvalue weighted by atomic mass is 9.97. The first-order valence-corrected chi connectivity index (χ1v) is 8.85. The van der Waals surface area contributed by atoms with E-state index in [0.717, 1.165) is 6.42 Å². The summed E-state index contributed by atoms with van der Waals surface area (Å²) in [5.41, 5.74) is 0.510. The van der Waals surface area contributed by atoms with Gasteiger partial charge >= 0.3 is 0 Å². The molecule has 0 saturated carbocycles. The van der Waals surface area contributed by atoms with Crippen LogP contribution in [0.3, 0.4) is 0 Å². The van der Waals surface area contributed by atoms with Crippen molar-refractivity contribution >= 4 is 17.7 Å². The third kappa shape index (κ3) is 6.21. The van der Waals surface area contributed by atoms with E-state index in [1.807, 2.05) is 33.8 Å². The number of carbonyl (C=O) groups excluding carboxylic acids is 3. The minimum atomic E-state index is -0.660. The fourth-order valence-corrected chi connectivity index (χ4v) is 2.47. The number of hydrogen-bond donors (Lipinski definition) is 2. The second-order valence-electron chi connectivity index (χ2n) is 6.01. The standard InChI is InChI=1S/C19H29N3O3/c1-5-14(4)17(21-18(24)15-11-9-8-10-12-15)19(25)22(7-3)13-16(23)20-6-2/h8-12,14,17H,5-7,13H2,1-4H3,(H,20,23)(H,21,24). The van der Waals surface area contributed by atoms with Crippen molar-refractivity contribution < 1.29 is 14.4 Å². The second kappa shape index (κ2) is 10.5. The van der Waals surface area contributed by atoms with E-state index in [9.17, 15) is 14.4 Å². The topological polar surface area (TPSA) is 78.5 Å². The maximum Gasteiger partial charge on any atom is 0.251 e. The van der Waals surface area contributed by atoms with Gasteiger partial charge in [0.25, 0.3) is 5.91 Å². The molecule has 1 rings (SSSR count). The van der Waals surface area contributed by atoms with Gasteiger partial charge in [-0.2, -0.15) is 0 Å². The Morgan fingerprint density at radius 3 is 2.24 bits per heavy atom. The summed E-state index contributed by atoms with van der Waals surface area (Å²) in [4.78, 5) is 38.7. The number of rotatable bonds is 9. The largest absolute Gasteiger partial charge is 0.355 e. The predicted octanol–water partition coefficient (Wildman–Crippen LogP) is 1.82. The summed E-state index contributed by atoms with van der Waals surface area (Å²) >= 11 is 0. The molecule has 0 aromatic heterocycles. The van der Waals surface area contributed by atoms with Crippen LogP contribution in [-0.4, -0.2) is 48.3 Å². The summed E-state index contributed by atoms with van der Waals surface area (Å²) in [7, 11) is 0. The Balaban J connectivity index is 2.90. The monoisotopic (exact) mass is 347 g/mol. The van der Waals surface area contributed by atoms with Gasteiger partial charge in [-0.1, -0.05) is 38.5 Å². The number of likely N-dealkylation sites (N-methyl/N-ethyl adjacent to an activating group) is 2. The average Bonchev–Trinajstić information content (AvgIpc) is 2.63. The van der Waals surface area contributed by atoms with E-state index in [1.54, 1.807) is 24.3 Å². The van der Waals surface area contributed by atoms with Crippen LogP contribution >= 0.6 is 0 Å². The van der Waals surface area contributed by atoms with Crippen LogP contribution in [-0.2, 0) is 9.59 Å².